The zero-order valence-corrected chi connectivity index (χ0v) is 11.8. The third kappa shape index (κ3) is 3.68. The van der Waals surface area contributed by atoms with Gasteiger partial charge in [-0.25, -0.2) is 0 Å². The largest absolute Gasteiger partial charge is 0.315 e. The Balaban J connectivity index is 2.20. The van der Waals surface area contributed by atoms with Crippen LogP contribution in [-0.2, 0) is 0 Å². The van der Waals surface area contributed by atoms with Crippen LogP contribution in [0, 0.1) is 0 Å². The fourth-order valence-corrected chi connectivity index (χ4v) is 2.06. The van der Waals surface area contributed by atoms with E-state index in [1.54, 1.807) is 0 Å². The number of nitrogens with one attached hydrogen (secondary N) is 1. The van der Waals surface area contributed by atoms with Crippen LogP contribution in [0.1, 0.15) is 17.3 Å². The van der Waals surface area contributed by atoms with Crippen LogP contribution < -0.4 is 10.2 Å². The Morgan fingerprint density at radius 3 is 2.20 bits per heavy atom. The highest BCUT2D eigenvalue weighted by Gasteiger charge is 2.16. The number of carbonyl (C=O) groups excluding carboxylic acids is 1. The van der Waals surface area contributed by atoms with E-state index >= 15 is 0 Å². The number of benzene rings is 2. The average Bonchev–Trinajstić information content (AvgIpc) is 2.53. The van der Waals surface area contributed by atoms with E-state index in [2.05, 4.69) is 12.2 Å². The van der Waals surface area contributed by atoms with Crippen LogP contribution >= 0.6 is 0 Å². The molecule has 2 aromatic carbocycles. The minimum atomic E-state index is 0.0368. The van der Waals surface area contributed by atoms with Gasteiger partial charge in [0, 0.05) is 24.3 Å². The van der Waals surface area contributed by atoms with E-state index in [9.17, 15) is 4.79 Å². The summed E-state index contributed by atoms with van der Waals surface area (Å²) >= 11 is 0. The first-order valence-electron chi connectivity index (χ1n) is 6.95. The fraction of sp³-hybridized carbons (Fsp3) is 0.235. The van der Waals surface area contributed by atoms with Crippen molar-refractivity contribution < 1.29 is 4.79 Å². The number of rotatable bonds is 6. The van der Waals surface area contributed by atoms with Crippen LogP contribution in [0.3, 0.4) is 0 Å². The van der Waals surface area contributed by atoms with E-state index in [1.165, 1.54) is 0 Å². The zero-order valence-electron chi connectivity index (χ0n) is 11.8. The number of carbonyl (C=O) groups is 1. The molecule has 104 valence electrons. The molecule has 0 aliphatic carbocycles. The van der Waals surface area contributed by atoms with Gasteiger partial charge in [0.1, 0.15) is 0 Å². The summed E-state index contributed by atoms with van der Waals surface area (Å²) in [5, 5.41) is 3.26. The van der Waals surface area contributed by atoms with Gasteiger partial charge in [0.15, 0.2) is 0 Å². The molecule has 3 heteroatoms. The molecule has 0 aromatic heterocycles. The van der Waals surface area contributed by atoms with Gasteiger partial charge >= 0.3 is 0 Å². The van der Waals surface area contributed by atoms with Gasteiger partial charge in [-0.2, -0.15) is 0 Å². The Morgan fingerprint density at radius 2 is 1.60 bits per heavy atom. The van der Waals surface area contributed by atoms with E-state index in [-0.39, 0.29) is 5.91 Å². The molecule has 0 bridgehead atoms. The fourth-order valence-electron chi connectivity index (χ4n) is 2.06. The molecule has 0 unspecified atom stereocenters. The van der Waals surface area contributed by atoms with E-state index in [4.69, 9.17) is 0 Å². The van der Waals surface area contributed by atoms with Crippen LogP contribution in [0.15, 0.2) is 60.7 Å². The Hall–Kier alpha value is -2.13. The summed E-state index contributed by atoms with van der Waals surface area (Å²) in [7, 11) is 0. The van der Waals surface area contributed by atoms with Gasteiger partial charge < -0.3 is 10.2 Å². The topological polar surface area (TPSA) is 32.3 Å². The second-order valence-corrected chi connectivity index (χ2v) is 4.51. The summed E-state index contributed by atoms with van der Waals surface area (Å²) in [5.41, 5.74) is 1.65. The number of likely N-dealkylation sites (N-methyl/N-ethyl adjacent to an activating group) is 1. The third-order valence-corrected chi connectivity index (χ3v) is 3.10. The van der Waals surface area contributed by atoms with Crippen molar-refractivity contribution in [2.24, 2.45) is 0 Å². The Labute approximate surface area is 120 Å². The lowest BCUT2D eigenvalue weighted by Crippen LogP contribution is -2.37. The first-order valence-corrected chi connectivity index (χ1v) is 6.95. The predicted octanol–water partition coefficient (Wildman–Crippen LogP) is 2.94. The highest BCUT2D eigenvalue weighted by Crippen LogP contribution is 2.16. The summed E-state index contributed by atoms with van der Waals surface area (Å²) in [5.74, 6) is 0.0368. The van der Waals surface area contributed by atoms with Gasteiger partial charge in [-0.3, -0.25) is 4.79 Å². The van der Waals surface area contributed by atoms with Crippen LogP contribution in [0.25, 0.3) is 0 Å². The molecular formula is C17H20N2O. The van der Waals surface area contributed by atoms with Crippen LogP contribution in [0.2, 0.25) is 0 Å². The molecular weight excluding hydrogens is 248 g/mol. The minimum absolute atomic E-state index is 0.0368. The maximum Gasteiger partial charge on any atom is 0.258 e. The van der Waals surface area contributed by atoms with Crippen molar-refractivity contribution in [3.05, 3.63) is 66.2 Å². The normalized spacial score (nSPS) is 10.2. The van der Waals surface area contributed by atoms with Crippen molar-refractivity contribution in [3.63, 3.8) is 0 Å². The van der Waals surface area contributed by atoms with Crippen molar-refractivity contribution in [1.29, 1.82) is 0 Å². The SMILES string of the molecule is CCNCCN(C(=O)c1ccccc1)c1ccccc1. The lowest BCUT2D eigenvalue weighted by atomic mass is 10.2. The molecule has 0 atom stereocenters. The number of amides is 1. The molecule has 0 radical (unpaired) electrons. The van der Waals surface area contributed by atoms with Crippen molar-refractivity contribution in [3.8, 4) is 0 Å². The van der Waals surface area contributed by atoms with E-state index in [0.717, 1.165) is 18.8 Å². The Morgan fingerprint density at radius 1 is 1.00 bits per heavy atom. The molecule has 0 spiro atoms. The van der Waals surface area contributed by atoms with Gasteiger partial charge in [0.25, 0.3) is 5.91 Å². The monoisotopic (exact) mass is 268 g/mol. The summed E-state index contributed by atoms with van der Waals surface area (Å²) in [6, 6.07) is 19.2. The minimum Gasteiger partial charge on any atom is -0.315 e. The number of para-hydroxylation sites is 1. The van der Waals surface area contributed by atoms with Crippen LogP contribution in [0.4, 0.5) is 5.69 Å². The van der Waals surface area contributed by atoms with Crippen LogP contribution in [0.5, 0.6) is 0 Å². The predicted molar refractivity (Wildman–Crippen MR) is 83.1 cm³/mol. The molecule has 0 aliphatic rings. The number of anilines is 1. The standard InChI is InChI=1S/C17H20N2O/c1-2-18-13-14-19(16-11-7-4-8-12-16)17(20)15-9-5-3-6-10-15/h3-12,18H,2,13-14H2,1H3. The maximum atomic E-state index is 12.6. The second-order valence-electron chi connectivity index (χ2n) is 4.51. The molecule has 0 saturated heterocycles. The highest BCUT2D eigenvalue weighted by atomic mass is 16.2. The Kier molecular flexibility index (Phi) is 5.33. The smallest absolute Gasteiger partial charge is 0.258 e. The zero-order chi connectivity index (χ0) is 14.2. The van der Waals surface area contributed by atoms with E-state index in [1.807, 2.05) is 65.6 Å². The quantitative estimate of drug-likeness (QED) is 0.817. The lowest BCUT2D eigenvalue weighted by molar-refractivity contribution is 0.0987. The summed E-state index contributed by atoms with van der Waals surface area (Å²) < 4.78 is 0. The third-order valence-electron chi connectivity index (χ3n) is 3.10. The van der Waals surface area contributed by atoms with Gasteiger partial charge in [0.05, 0.1) is 0 Å². The van der Waals surface area contributed by atoms with Crippen molar-refractivity contribution in [2.45, 2.75) is 6.92 Å². The molecule has 1 amide bonds. The van der Waals surface area contributed by atoms with Crippen molar-refractivity contribution in [1.82, 2.24) is 5.32 Å². The van der Waals surface area contributed by atoms with E-state index < -0.39 is 0 Å². The summed E-state index contributed by atoms with van der Waals surface area (Å²) in [6.07, 6.45) is 0. The second kappa shape index (κ2) is 7.46. The summed E-state index contributed by atoms with van der Waals surface area (Å²) in [4.78, 5) is 14.5. The van der Waals surface area contributed by atoms with E-state index in [0.29, 0.717) is 12.1 Å². The molecule has 2 rings (SSSR count). The first-order chi connectivity index (χ1) is 9.83. The average molecular weight is 268 g/mol. The molecule has 20 heavy (non-hydrogen) atoms. The van der Waals surface area contributed by atoms with Crippen molar-refractivity contribution in [2.75, 3.05) is 24.5 Å². The molecule has 1 N–H and O–H groups in total. The van der Waals surface area contributed by atoms with Crippen LogP contribution in [-0.4, -0.2) is 25.5 Å². The van der Waals surface area contributed by atoms with Gasteiger partial charge in [0.2, 0.25) is 0 Å². The summed E-state index contributed by atoms with van der Waals surface area (Å²) in [6.45, 7) is 4.41. The number of hydrogen-bond donors (Lipinski definition) is 1. The Bertz CT molecular complexity index is 525. The highest BCUT2D eigenvalue weighted by molar-refractivity contribution is 6.06. The number of nitrogens with zero attached hydrogens (tertiary/aromatic N) is 1. The lowest BCUT2D eigenvalue weighted by Gasteiger charge is -2.23. The molecule has 0 saturated carbocycles. The molecule has 3 nitrogen and oxygen atoms in total. The van der Waals surface area contributed by atoms with Gasteiger partial charge in [-0.15, -0.1) is 0 Å². The van der Waals surface area contributed by atoms with Gasteiger partial charge in [-0.05, 0) is 30.8 Å². The first kappa shape index (κ1) is 14.3. The molecule has 0 heterocycles. The molecule has 0 aliphatic heterocycles. The molecule has 0 fully saturated rings. The van der Waals surface area contributed by atoms with Gasteiger partial charge in [-0.1, -0.05) is 43.3 Å². The maximum absolute atomic E-state index is 12.6. The molecule has 2 aromatic rings. The number of hydrogen-bond acceptors (Lipinski definition) is 2. The van der Waals surface area contributed by atoms with Crippen molar-refractivity contribution >= 4 is 11.6 Å².